The third-order valence-electron chi connectivity index (χ3n) is 5.52. The van der Waals surface area contributed by atoms with Crippen LogP contribution in [0.25, 0.3) is 0 Å². The zero-order chi connectivity index (χ0) is 18.2. The first kappa shape index (κ1) is 19.3. The fourth-order valence-corrected chi connectivity index (χ4v) is 4.09. The molecule has 0 atom stereocenters. The fraction of sp³-hybridized carbons (Fsp3) is 0.667. The van der Waals surface area contributed by atoms with Crippen LogP contribution in [0.1, 0.15) is 50.2 Å². The average Bonchev–Trinajstić information content (AvgIpc) is 2.66. The molecule has 1 spiro atoms. The van der Waals surface area contributed by atoms with E-state index in [1.807, 2.05) is 19.1 Å². The number of hydrogen-bond acceptors (Lipinski definition) is 4. The van der Waals surface area contributed by atoms with Gasteiger partial charge in [0.15, 0.2) is 0 Å². The van der Waals surface area contributed by atoms with E-state index in [9.17, 15) is 4.79 Å². The Labute approximate surface area is 157 Å². The minimum Gasteiger partial charge on any atom is -0.377 e. The second-order valence-electron chi connectivity index (χ2n) is 7.49. The van der Waals surface area contributed by atoms with Gasteiger partial charge in [-0.3, -0.25) is 9.69 Å². The van der Waals surface area contributed by atoms with Crippen molar-refractivity contribution >= 4 is 5.91 Å². The molecule has 0 bridgehead atoms. The smallest absolute Gasteiger partial charge is 0.234 e. The number of rotatable bonds is 7. The maximum atomic E-state index is 12.5. The summed E-state index contributed by atoms with van der Waals surface area (Å²) in [6.07, 6.45) is 6.08. The number of ether oxygens (including phenoxy) is 2. The van der Waals surface area contributed by atoms with E-state index in [0.29, 0.717) is 26.3 Å². The van der Waals surface area contributed by atoms with Crippen molar-refractivity contribution in [1.29, 1.82) is 0 Å². The molecule has 0 aromatic heterocycles. The van der Waals surface area contributed by atoms with Crippen LogP contribution in [0.4, 0.5) is 0 Å². The Morgan fingerprint density at radius 1 is 1.23 bits per heavy atom. The number of carbonyl (C=O) groups is 1. The highest BCUT2D eigenvalue weighted by atomic mass is 16.5. The largest absolute Gasteiger partial charge is 0.377 e. The van der Waals surface area contributed by atoms with Crippen LogP contribution in [0.2, 0.25) is 0 Å². The molecule has 1 saturated carbocycles. The molecular formula is C21H32N2O3. The maximum absolute atomic E-state index is 12.5. The second kappa shape index (κ2) is 9.49. The van der Waals surface area contributed by atoms with Gasteiger partial charge in [0.1, 0.15) is 0 Å². The summed E-state index contributed by atoms with van der Waals surface area (Å²) >= 11 is 0. The van der Waals surface area contributed by atoms with E-state index in [1.165, 1.54) is 19.3 Å². The normalized spacial score (nSPS) is 20.2. The molecule has 1 amide bonds. The van der Waals surface area contributed by atoms with Crippen LogP contribution in [0, 0.1) is 0 Å². The minimum atomic E-state index is 0.000864. The van der Waals surface area contributed by atoms with Crippen LogP contribution in [0.3, 0.4) is 0 Å². The summed E-state index contributed by atoms with van der Waals surface area (Å²) < 4.78 is 11.6. The Bertz CT molecular complexity index is 579. The van der Waals surface area contributed by atoms with Crippen molar-refractivity contribution in [2.45, 2.75) is 57.8 Å². The summed E-state index contributed by atoms with van der Waals surface area (Å²) in [5.74, 6) is 0.0871. The van der Waals surface area contributed by atoms with Crippen molar-refractivity contribution in [3.63, 3.8) is 0 Å². The first-order valence-corrected chi connectivity index (χ1v) is 9.98. The Balaban J connectivity index is 1.48. The highest BCUT2D eigenvalue weighted by molar-refractivity contribution is 5.78. The lowest BCUT2D eigenvalue weighted by Crippen LogP contribution is -2.54. The molecule has 5 heteroatoms. The van der Waals surface area contributed by atoms with Crippen LogP contribution in [-0.4, -0.2) is 49.3 Å². The molecular weight excluding hydrogens is 328 g/mol. The Morgan fingerprint density at radius 3 is 2.77 bits per heavy atom. The molecule has 1 heterocycles. The third kappa shape index (κ3) is 5.29. The third-order valence-corrected chi connectivity index (χ3v) is 5.52. The molecule has 5 nitrogen and oxygen atoms in total. The van der Waals surface area contributed by atoms with Gasteiger partial charge in [0, 0.05) is 26.2 Å². The molecule has 1 aromatic carbocycles. The molecule has 3 rings (SSSR count). The lowest BCUT2D eigenvalue weighted by Gasteiger charge is -2.44. The minimum absolute atomic E-state index is 0.000864. The Hall–Kier alpha value is -1.43. The highest BCUT2D eigenvalue weighted by Gasteiger charge is 2.37. The summed E-state index contributed by atoms with van der Waals surface area (Å²) in [4.78, 5) is 14.7. The fourth-order valence-electron chi connectivity index (χ4n) is 4.09. The van der Waals surface area contributed by atoms with Gasteiger partial charge in [0.25, 0.3) is 0 Å². The van der Waals surface area contributed by atoms with E-state index in [-0.39, 0.29) is 11.5 Å². The Morgan fingerprint density at radius 2 is 2.00 bits per heavy atom. The number of nitrogens with one attached hydrogen (secondary N) is 1. The van der Waals surface area contributed by atoms with E-state index < -0.39 is 0 Å². The summed E-state index contributed by atoms with van der Waals surface area (Å²) in [7, 11) is 0. The molecule has 144 valence electrons. The van der Waals surface area contributed by atoms with E-state index in [2.05, 4.69) is 22.3 Å². The van der Waals surface area contributed by atoms with Gasteiger partial charge in [-0.25, -0.2) is 0 Å². The Kier molecular flexibility index (Phi) is 7.06. The number of nitrogens with zero attached hydrogens (tertiary/aromatic N) is 1. The SMILES string of the molecule is CCOCc1ccccc1CNC(=O)CN1CCOC2(CCCCC2)C1. The lowest BCUT2D eigenvalue weighted by atomic mass is 9.83. The zero-order valence-corrected chi connectivity index (χ0v) is 16.0. The lowest BCUT2D eigenvalue weighted by molar-refractivity contribution is -0.138. The molecule has 1 saturated heterocycles. The van der Waals surface area contributed by atoms with Crippen LogP contribution < -0.4 is 5.32 Å². The van der Waals surface area contributed by atoms with Crippen molar-refractivity contribution in [1.82, 2.24) is 10.2 Å². The number of morpholine rings is 1. The van der Waals surface area contributed by atoms with E-state index in [1.54, 1.807) is 0 Å². The number of hydrogen-bond donors (Lipinski definition) is 1. The standard InChI is InChI=1S/C21H32N2O3/c1-2-25-16-19-9-5-4-8-18(19)14-22-20(24)15-23-12-13-26-21(17-23)10-6-3-7-11-21/h4-5,8-9H,2-3,6-7,10-17H2,1H3,(H,22,24). The van der Waals surface area contributed by atoms with Crippen molar-refractivity contribution in [2.24, 2.45) is 0 Å². The summed E-state index contributed by atoms with van der Waals surface area (Å²) in [5.41, 5.74) is 2.27. The first-order chi connectivity index (χ1) is 12.7. The molecule has 1 aliphatic heterocycles. The summed E-state index contributed by atoms with van der Waals surface area (Å²) in [6.45, 7) is 6.76. The second-order valence-corrected chi connectivity index (χ2v) is 7.49. The zero-order valence-electron chi connectivity index (χ0n) is 16.0. The predicted octanol–water partition coefficient (Wildman–Crippen LogP) is 2.87. The first-order valence-electron chi connectivity index (χ1n) is 9.98. The van der Waals surface area contributed by atoms with Gasteiger partial charge in [0.05, 0.1) is 25.4 Å². The van der Waals surface area contributed by atoms with Crippen LogP contribution in [0.5, 0.6) is 0 Å². The topological polar surface area (TPSA) is 50.8 Å². The molecule has 2 aliphatic rings. The highest BCUT2D eigenvalue weighted by Crippen LogP contribution is 2.34. The van der Waals surface area contributed by atoms with Crippen LogP contribution in [-0.2, 0) is 27.4 Å². The van der Waals surface area contributed by atoms with Crippen molar-refractivity contribution in [3.05, 3.63) is 35.4 Å². The molecule has 1 aromatic rings. The molecule has 0 radical (unpaired) electrons. The molecule has 1 N–H and O–H groups in total. The van der Waals surface area contributed by atoms with Gasteiger partial charge in [-0.15, -0.1) is 0 Å². The number of carbonyl (C=O) groups excluding carboxylic acids is 1. The molecule has 2 fully saturated rings. The van der Waals surface area contributed by atoms with Gasteiger partial charge >= 0.3 is 0 Å². The van der Waals surface area contributed by atoms with E-state index in [0.717, 1.165) is 43.7 Å². The summed E-state index contributed by atoms with van der Waals surface area (Å²) in [6, 6.07) is 8.13. The van der Waals surface area contributed by atoms with Gasteiger partial charge in [-0.2, -0.15) is 0 Å². The van der Waals surface area contributed by atoms with Gasteiger partial charge in [-0.1, -0.05) is 43.5 Å². The van der Waals surface area contributed by atoms with E-state index in [4.69, 9.17) is 9.47 Å². The maximum Gasteiger partial charge on any atom is 0.234 e. The van der Waals surface area contributed by atoms with Crippen LogP contribution in [0.15, 0.2) is 24.3 Å². The average molecular weight is 360 g/mol. The van der Waals surface area contributed by atoms with Gasteiger partial charge < -0.3 is 14.8 Å². The predicted molar refractivity (Wildman–Crippen MR) is 102 cm³/mol. The van der Waals surface area contributed by atoms with Crippen molar-refractivity contribution in [2.75, 3.05) is 32.8 Å². The van der Waals surface area contributed by atoms with Crippen molar-refractivity contribution < 1.29 is 14.3 Å². The molecule has 26 heavy (non-hydrogen) atoms. The molecule has 1 aliphatic carbocycles. The van der Waals surface area contributed by atoms with Gasteiger partial charge in [0.2, 0.25) is 5.91 Å². The molecule has 0 unspecified atom stereocenters. The monoisotopic (exact) mass is 360 g/mol. The van der Waals surface area contributed by atoms with Crippen molar-refractivity contribution in [3.8, 4) is 0 Å². The van der Waals surface area contributed by atoms with E-state index >= 15 is 0 Å². The quantitative estimate of drug-likeness (QED) is 0.812. The summed E-state index contributed by atoms with van der Waals surface area (Å²) in [5, 5.41) is 3.08. The number of benzene rings is 1. The van der Waals surface area contributed by atoms with Crippen LogP contribution >= 0.6 is 0 Å². The number of amides is 1. The van der Waals surface area contributed by atoms with Gasteiger partial charge in [-0.05, 0) is 30.9 Å².